The number of aliphatic hydroxyl groups is 1. The van der Waals surface area contributed by atoms with E-state index in [2.05, 4.69) is 0 Å². The summed E-state index contributed by atoms with van der Waals surface area (Å²) < 4.78 is 7.06. The molecule has 3 amide bonds. The Bertz CT molecular complexity index is 1580. The van der Waals surface area contributed by atoms with E-state index >= 15 is 0 Å². The maximum Gasteiger partial charge on any atom is 0.410 e. The van der Waals surface area contributed by atoms with Crippen LogP contribution in [-0.4, -0.2) is 92.8 Å². The molecular formula is C39H54N4O6. The van der Waals surface area contributed by atoms with E-state index in [-0.39, 0.29) is 29.8 Å². The molecule has 2 atom stereocenters. The Labute approximate surface area is 290 Å². The molecule has 2 saturated carbocycles. The fourth-order valence-corrected chi connectivity index (χ4v) is 8.52. The highest BCUT2D eigenvalue weighted by Crippen LogP contribution is 2.52. The van der Waals surface area contributed by atoms with Crippen molar-refractivity contribution < 1.29 is 24.2 Å². The summed E-state index contributed by atoms with van der Waals surface area (Å²) in [5.74, 6) is 0.587. The van der Waals surface area contributed by atoms with E-state index in [1.807, 2.05) is 62.9 Å². The van der Waals surface area contributed by atoms with Crippen LogP contribution in [0.5, 0.6) is 0 Å². The fourth-order valence-electron chi connectivity index (χ4n) is 8.52. The first-order valence-corrected chi connectivity index (χ1v) is 18.4. The Morgan fingerprint density at radius 2 is 1.57 bits per heavy atom. The number of piperidine rings is 1. The van der Waals surface area contributed by atoms with Crippen LogP contribution in [0.1, 0.15) is 95.8 Å². The van der Waals surface area contributed by atoms with Gasteiger partial charge in [-0.05, 0) is 57.9 Å². The number of hydrogen-bond donors (Lipinski definition) is 1. The van der Waals surface area contributed by atoms with E-state index in [0.717, 1.165) is 37.7 Å². The Hall–Kier alpha value is -3.66. The van der Waals surface area contributed by atoms with Crippen molar-refractivity contribution in [3.05, 3.63) is 58.5 Å². The number of aromatic nitrogens is 1. The Morgan fingerprint density at radius 3 is 2.18 bits per heavy atom. The second kappa shape index (κ2) is 13.9. The molecule has 0 radical (unpaired) electrons. The molecule has 1 aromatic heterocycles. The first-order valence-electron chi connectivity index (χ1n) is 18.4. The van der Waals surface area contributed by atoms with E-state index in [4.69, 9.17) is 4.74 Å². The van der Waals surface area contributed by atoms with Crippen LogP contribution < -0.4 is 5.56 Å². The standard InChI is InChI=1S/C39H54N4O6/c1-28(23-29-11-10-12-29)34(45)42-18-17-39(48,38(26-42)15-8-9-16-38)27-43-25-32(31(24-33(43)44)30-13-6-5-7-14-30)35(46)40-19-21-41(22-20-40)36(47)49-37(2,3)4/h5-7,13-14,24-25,28-29,48H,8-12,15-23,26-27H2,1-4H3/t28-,39?/m1/s1. The largest absolute Gasteiger partial charge is 0.444 e. The summed E-state index contributed by atoms with van der Waals surface area (Å²) in [7, 11) is 0. The number of hydrogen-bond acceptors (Lipinski definition) is 6. The van der Waals surface area contributed by atoms with Crippen molar-refractivity contribution in [1.82, 2.24) is 19.3 Å². The van der Waals surface area contributed by atoms with Crippen molar-refractivity contribution in [2.45, 2.75) is 103 Å². The van der Waals surface area contributed by atoms with Crippen LogP contribution in [0.15, 0.2) is 47.4 Å². The van der Waals surface area contributed by atoms with Gasteiger partial charge < -0.3 is 29.1 Å². The second-order valence-electron chi connectivity index (χ2n) is 16.2. The van der Waals surface area contributed by atoms with E-state index < -0.39 is 22.7 Å². The van der Waals surface area contributed by atoms with Gasteiger partial charge in [-0.1, -0.05) is 69.4 Å². The highest BCUT2D eigenvalue weighted by Gasteiger charge is 2.56. The lowest BCUT2D eigenvalue weighted by molar-refractivity contribution is -0.163. The van der Waals surface area contributed by atoms with Gasteiger partial charge in [0.1, 0.15) is 5.60 Å². The highest BCUT2D eigenvalue weighted by molar-refractivity contribution is 6.00. The molecule has 2 aliphatic carbocycles. The van der Waals surface area contributed by atoms with E-state index in [1.165, 1.54) is 29.9 Å². The van der Waals surface area contributed by atoms with Gasteiger partial charge in [0.2, 0.25) is 5.91 Å². The molecule has 4 aliphatic rings. The third-order valence-corrected chi connectivity index (χ3v) is 11.6. The Kier molecular flexibility index (Phi) is 10.00. The molecule has 1 spiro atoms. The molecule has 4 fully saturated rings. The molecule has 2 aliphatic heterocycles. The summed E-state index contributed by atoms with van der Waals surface area (Å²) >= 11 is 0. The number of rotatable bonds is 7. The van der Waals surface area contributed by atoms with Crippen LogP contribution in [0.2, 0.25) is 0 Å². The maximum absolute atomic E-state index is 14.2. The molecule has 0 bridgehead atoms. The third-order valence-electron chi connectivity index (χ3n) is 11.6. The Morgan fingerprint density at radius 1 is 0.918 bits per heavy atom. The summed E-state index contributed by atoms with van der Waals surface area (Å²) in [6, 6.07) is 10.9. The van der Waals surface area contributed by atoms with Crippen molar-refractivity contribution in [3.63, 3.8) is 0 Å². The van der Waals surface area contributed by atoms with Gasteiger partial charge in [-0.15, -0.1) is 0 Å². The summed E-state index contributed by atoms with van der Waals surface area (Å²) in [4.78, 5) is 59.7. The quantitative estimate of drug-likeness (QED) is 0.412. The van der Waals surface area contributed by atoms with Gasteiger partial charge in [0.05, 0.1) is 17.7 Å². The smallest absolute Gasteiger partial charge is 0.410 e. The van der Waals surface area contributed by atoms with Crippen molar-refractivity contribution in [2.24, 2.45) is 17.3 Å². The number of carbonyl (C=O) groups is 3. The molecule has 3 heterocycles. The fraction of sp³-hybridized carbons (Fsp3) is 0.641. The van der Waals surface area contributed by atoms with Crippen LogP contribution in [0.25, 0.3) is 11.1 Å². The molecule has 2 saturated heterocycles. The molecule has 6 rings (SSSR count). The third kappa shape index (κ3) is 7.44. The number of likely N-dealkylation sites (tertiary alicyclic amines) is 1. The van der Waals surface area contributed by atoms with Crippen LogP contribution in [-0.2, 0) is 16.1 Å². The minimum Gasteiger partial charge on any atom is -0.444 e. The lowest BCUT2D eigenvalue weighted by atomic mass is 9.65. The predicted molar refractivity (Wildman–Crippen MR) is 188 cm³/mol. The molecule has 2 aromatic rings. The normalized spacial score (nSPS) is 23.3. The summed E-state index contributed by atoms with van der Waals surface area (Å²) in [6.45, 7) is 9.92. The van der Waals surface area contributed by atoms with Crippen LogP contribution in [0.4, 0.5) is 4.79 Å². The van der Waals surface area contributed by atoms with E-state index in [1.54, 1.807) is 16.0 Å². The molecule has 49 heavy (non-hydrogen) atoms. The number of benzene rings is 1. The SMILES string of the molecule is C[C@H](CC1CCC1)C(=O)N1CCC(O)(Cn2cc(C(=O)N3CCN(C(=O)OC(C)(C)C)CC3)c(-c3ccccc3)cc2=O)C2(CCCC2)C1. The lowest BCUT2D eigenvalue weighted by Crippen LogP contribution is -2.62. The van der Waals surface area contributed by atoms with Gasteiger partial charge >= 0.3 is 6.09 Å². The molecule has 1 N–H and O–H groups in total. The zero-order valence-corrected chi connectivity index (χ0v) is 29.8. The predicted octanol–water partition coefficient (Wildman–Crippen LogP) is 5.56. The van der Waals surface area contributed by atoms with Gasteiger partial charge in [-0.3, -0.25) is 14.4 Å². The topological polar surface area (TPSA) is 112 Å². The average Bonchev–Trinajstić information content (AvgIpc) is 3.54. The monoisotopic (exact) mass is 674 g/mol. The minimum absolute atomic E-state index is 0.0253. The van der Waals surface area contributed by atoms with Crippen molar-refractivity contribution in [3.8, 4) is 11.1 Å². The number of amides is 3. The van der Waals surface area contributed by atoms with Gasteiger partial charge in [0.25, 0.3) is 11.5 Å². The van der Waals surface area contributed by atoms with Crippen molar-refractivity contribution in [1.29, 1.82) is 0 Å². The molecule has 1 aromatic carbocycles. The molecular weight excluding hydrogens is 620 g/mol. The number of nitrogens with zero attached hydrogens (tertiary/aromatic N) is 4. The van der Waals surface area contributed by atoms with Gasteiger partial charge in [0, 0.05) is 68.4 Å². The van der Waals surface area contributed by atoms with Crippen LogP contribution >= 0.6 is 0 Å². The first-order chi connectivity index (χ1) is 23.3. The average molecular weight is 675 g/mol. The van der Waals surface area contributed by atoms with E-state index in [0.29, 0.717) is 62.7 Å². The number of pyridine rings is 1. The zero-order chi connectivity index (χ0) is 35.0. The van der Waals surface area contributed by atoms with Gasteiger partial charge in [-0.2, -0.15) is 0 Å². The van der Waals surface area contributed by atoms with Crippen LogP contribution in [0.3, 0.4) is 0 Å². The zero-order valence-electron chi connectivity index (χ0n) is 29.8. The van der Waals surface area contributed by atoms with Gasteiger partial charge in [0.15, 0.2) is 0 Å². The highest BCUT2D eigenvalue weighted by atomic mass is 16.6. The van der Waals surface area contributed by atoms with Crippen molar-refractivity contribution >= 4 is 17.9 Å². The first kappa shape index (κ1) is 35.2. The molecule has 266 valence electrons. The molecule has 10 nitrogen and oxygen atoms in total. The lowest BCUT2D eigenvalue weighted by Gasteiger charge is -2.53. The molecule has 10 heteroatoms. The Balaban J connectivity index is 1.25. The second-order valence-corrected chi connectivity index (χ2v) is 16.2. The summed E-state index contributed by atoms with van der Waals surface area (Å²) in [6.07, 6.45) is 9.79. The number of ether oxygens (including phenoxy) is 1. The maximum atomic E-state index is 14.2. The summed E-state index contributed by atoms with van der Waals surface area (Å²) in [5, 5.41) is 12.5. The van der Waals surface area contributed by atoms with Gasteiger partial charge in [-0.25, -0.2) is 4.79 Å². The number of carbonyl (C=O) groups excluding carboxylic acids is 3. The van der Waals surface area contributed by atoms with Crippen LogP contribution in [0, 0.1) is 17.3 Å². The summed E-state index contributed by atoms with van der Waals surface area (Å²) in [5.41, 5.74) is -0.895. The van der Waals surface area contributed by atoms with Crippen molar-refractivity contribution in [2.75, 3.05) is 39.3 Å². The molecule has 1 unspecified atom stereocenters. The minimum atomic E-state index is -1.20. The van der Waals surface area contributed by atoms with E-state index in [9.17, 15) is 24.3 Å². The number of piperazine rings is 1.